The van der Waals surface area contributed by atoms with E-state index in [2.05, 4.69) is 43.9 Å². The summed E-state index contributed by atoms with van der Waals surface area (Å²) in [6, 6.07) is 10.3. The lowest BCUT2D eigenvalue weighted by Crippen LogP contribution is -2.48. The van der Waals surface area contributed by atoms with Crippen LogP contribution in [0.2, 0.25) is 0 Å². The number of amides is 1. The van der Waals surface area contributed by atoms with E-state index < -0.39 is 0 Å². The fourth-order valence-corrected chi connectivity index (χ4v) is 4.22. The largest absolute Gasteiger partial charge is 0.493 e. The van der Waals surface area contributed by atoms with E-state index in [1.807, 2.05) is 23.1 Å². The molecule has 190 valence electrons. The molecule has 0 bridgehead atoms. The first kappa shape index (κ1) is 26.5. The van der Waals surface area contributed by atoms with Crippen molar-refractivity contribution in [2.75, 3.05) is 51.9 Å². The molecule has 0 spiro atoms. The number of unbranched alkanes of at least 4 members (excludes halogenated alkanes) is 3. The van der Waals surface area contributed by atoms with Crippen molar-refractivity contribution in [3.05, 3.63) is 53.1 Å². The number of piperazine rings is 1. The Morgan fingerprint density at radius 3 is 2.20 bits per heavy atom. The number of ether oxygens (including phenoxy) is 3. The van der Waals surface area contributed by atoms with Crippen molar-refractivity contribution < 1.29 is 19.0 Å². The molecule has 0 aromatic heterocycles. The van der Waals surface area contributed by atoms with E-state index in [0.29, 0.717) is 36.9 Å². The molecule has 2 aromatic carbocycles. The Balaban J connectivity index is 1.60. The van der Waals surface area contributed by atoms with Crippen molar-refractivity contribution in [2.45, 2.75) is 46.5 Å². The van der Waals surface area contributed by atoms with E-state index >= 15 is 0 Å². The third kappa shape index (κ3) is 7.17. The SMILES string of the molecule is CCCCCCOc1c(OC)cc(/C=C/C(=O)N2CCN(c3ccc(C)c(C)c3)CC2)cc1OC. The molecule has 3 rings (SSSR count). The van der Waals surface area contributed by atoms with Crippen LogP contribution in [0.25, 0.3) is 6.08 Å². The molecule has 2 aromatic rings. The van der Waals surface area contributed by atoms with Gasteiger partial charge in [0.15, 0.2) is 11.5 Å². The minimum absolute atomic E-state index is 0.0129. The van der Waals surface area contributed by atoms with Crippen LogP contribution in [0, 0.1) is 13.8 Å². The number of carbonyl (C=O) groups excluding carboxylic acids is 1. The molecule has 1 fully saturated rings. The van der Waals surface area contributed by atoms with Crippen LogP contribution in [-0.2, 0) is 4.79 Å². The zero-order valence-corrected chi connectivity index (χ0v) is 21.9. The predicted octanol–water partition coefficient (Wildman–Crippen LogP) is 5.64. The average Bonchev–Trinajstić information content (AvgIpc) is 2.88. The summed E-state index contributed by atoms with van der Waals surface area (Å²) >= 11 is 0. The van der Waals surface area contributed by atoms with Crippen LogP contribution in [0.5, 0.6) is 17.2 Å². The number of aryl methyl sites for hydroxylation is 2. The second kappa shape index (κ2) is 13.1. The smallest absolute Gasteiger partial charge is 0.246 e. The zero-order valence-electron chi connectivity index (χ0n) is 21.9. The van der Waals surface area contributed by atoms with Crippen LogP contribution in [0.3, 0.4) is 0 Å². The Kier molecular flexibility index (Phi) is 9.88. The van der Waals surface area contributed by atoms with Crippen molar-refractivity contribution in [3.63, 3.8) is 0 Å². The van der Waals surface area contributed by atoms with Gasteiger partial charge in [0.1, 0.15) is 0 Å². The zero-order chi connectivity index (χ0) is 25.2. The number of benzene rings is 2. The van der Waals surface area contributed by atoms with E-state index in [4.69, 9.17) is 14.2 Å². The van der Waals surface area contributed by atoms with Crippen LogP contribution in [0.1, 0.15) is 49.3 Å². The van der Waals surface area contributed by atoms with Crippen molar-refractivity contribution in [1.29, 1.82) is 0 Å². The number of nitrogens with zero attached hydrogens (tertiary/aromatic N) is 2. The maximum atomic E-state index is 12.9. The quantitative estimate of drug-likeness (QED) is 0.308. The van der Waals surface area contributed by atoms with E-state index in [1.54, 1.807) is 20.3 Å². The maximum absolute atomic E-state index is 12.9. The second-order valence-electron chi connectivity index (χ2n) is 9.08. The van der Waals surface area contributed by atoms with E-state index in [9.17, 15) is 4.79 Å². The molecule has 0 saturated carbocycles. The molecular formula is C29H40N2O4. The highest BCUT2D eigenvalue weighted by Crippen LogP contribution is 2.39. The molecule has 0 unspecified atom stereocenters. The summed E-state index contributed by atoms with van der Waals surface area (Å²) in [7, 11) is 3.23. The van der Waals surface area contributed by atoms with Gasteiger partial charge in [-0.25, -0.2) is 0 Å². The van der Waals surface area contributed by atoms with E-state index in [1.165, 1.54) is 29.7 Å². The van der Waals surface area contributed by atoms with Gasteiger partial charge < -0.3 is 24.0 Å². The Labute approximate surface area is 210 Å². The number of hydrogen-bond acceptors (Lipinski definition) is 5. The monoisotopic (exact) mass is 480 g/mol. The summed E-state index contributed by atoms with van der Waals surface area (Å²) in [4.78, 5) is 17.1. The van der Waals surface area contributed by atoms with E-state index in [0.717, 1.165) is 31.5 Å². The van der Waals surface area contributed by atoms with Gasteiger partial charge >= 0.3 is 0 Å². The highest BCUT2D eigenvalue weighted by molar-refractivity contribution is 5.92. The summed E-state index contributed by atoms with van der Waals surface area (Å²) in [5, 5.41) is 0. The molecule has 35 heavy (non-hydrogen) atoms. The Bertz CT molecular complexity index is 985. The Morgan fingerprint density at radius 2 is 1.60 bits per heavy atom. The van der Waals surface area contributed by atoms with Crippen LogP contribution < -0.4 is 19.1 Å². The third-order valence-corrected chi connectivity index (χ3v) is 6.59. The number of methoxy groups -OCH3 is 2. The lowest BCUT2D eigenvalue weighted by Gasteiger charge is -2.36. The Hall–Kier alpha value is -3.15. The van der Waals surface area contributed by atoms with Gasteiger partial charge in [-0.15, -0.1) is 0 Å². The van der Waals surface area contributed by atoms with Gasteiger partial charge in [-0.05, 0) is 67.3 Å². The summed E-state index contributed by atoms with van der Waals surface area (Å²) < 4.78 is 17.1. The first-order valence-corrected chi connectivity index (χ1v) is 12.6. The maximum Gasteiger partial charge on any atom is 0.246 e. The topological polar surface area (TPSA) is 51.2 Å². The number of carbonyl (C=O) groups is 1. The molecule has 6 nitrogen and oxygen atoms in total. The van der Waals surface area contributed by atoms with Crippen LogP contribution >= 0.6 is 0 Å². The molecule has 1 heterocycles. The fourth-order valence-electron chi connectivity index (χ4n) is 4.22. The second-order valence-corrected chi connectivity index (χ2v) is 9.08. The number of hydrogen-bond donors (Lipinski definition) is 0. The van der Waals surface area contributed by atoms with Crippen LogP contribution in [-0.4, -0.2) is 57.8 Å². The molecule has 1 saturated heterocycles. The number of anilines is 1. The summed E-state index contributed by atoms with van der Waals surface area (Å²) in [6.07, 6.45) is 7.97. The molecule has 0 atom stereocenters. The molecule has 1 aliphatic heterocycles. The van der Waals surface area contributed by atoms with Crippen molar-refractivity contribution in [2.24, 2.45) is 0 Å². The normalized spacial score (nSPS) is 13.9. The Morgan fingerprint density at radius 1 is 0.914 bits per heavy atom. The minimum Gasteiger partial charge on any atom is -0.493 e. The highest BCUT2D eigenvalue weighted by Gasteiger charge is 2.20. The van der Waals surface area contributed by atoms with Gasteiger partial charge in [-0.3, -0.25) is 4.79 Å². The summed E-state index contributed by atoms with van der Waals surface area (Å²) in [5.41, 5.74) is 4.65. The molecule has 6 heteroatoms. The van der Waals surface area contributed by atoms with Crippen molar-refractivity contribution in [3.8, 4) is 17.2 Å². The van der Waals surface area contributed by atoms with Gasteiger partial charge in [0, 0.05) is 37.9 Å². The minimum atomic E-state index is 0.0129. The summed E-state index contributed by atoms with van der Waals surface area (Å²) in [5.74, 6) is 1.83. The lowest BCUT2D eigenvalue weighted by atomic mass is 10.1. The predicted molar refractivity (Wildman–Crippen MR) is 143 cm³/mol. The third-order valence-electron chi connectivity index (χ3n) is 6.59. The first-order valence-electron chi connectivity index (χ1n) is 12.6. The van der Waals surface area contributed by atoms with Crippen LogP contribution in [0.15, 0.2) is 36.4 Å². The highest BCUT2D eigenvalue weighted by atomic mass is 16.5. The first-order chi connectivity index (χ1) is 17.0. The van der Waals surface area contributed by atoms with Gasteiger partial charge in [-0.2, -0.15) is 0 Å². The standard InChI is InChI=1S/C29H40N2O4/c1-6-7-8-9-18-35-29-26(33-4)20-24(21-27(29)34-5)11-13-28(32)31-16-14-30(15-17-31)25-12-10-22(2)23(3)19-25/h10-13,19-21H,6-9,14-18H2,1-5H3/b13-11+. The molecular weight excluding hydrogens is 440 g/mol. The van der Waals surface area contributed by atoms with Gasteiger partial charge in [-0.1, -0.05) is 32.3 Å². The van der Waals surface area contributed by atoms with Crippen molar-refractivity contribution >= 4 is 17.7 Å². The van der Waals surface area contributed by atoms with Crippen molar-refractivity contribution in [1.82, 2.24) is 4.90 Å². The van der Waals surface area contributed by atoms with Crippen LogP contribution in [0.4, 0.5) is 5.69 Å². The molecule has 0 aliphatic carbocycles. The van der Waals surface area contributed by atoms with Gasteiger partial charge in [0.2, 0.25) is 11.7 Å². The van der Waals surface area contributed by atoms with Gasteiger partial charge in [0.05, 0.1) is 20.8 Å². The van der Waals surface area contributed by atoms with Gasteiger partial charge in [0.25, 0.3) is 0 Å². The van der Waals surface area contributed by atoms with E-state index in [-0.39, 0.29) is 5.91 Å². The molecule has 0 radical (unpaired) electrons. The fraction of sp³-hybridized carbons (Fsp3) is 0.483. The molecule has 1 aliphatic rings. The lowest BCUT2D eigenvalue weighted by molar-refractivity contribution is -0.126. The number of rotatable bonds is 11. The molecule has 1 amide bonds. The summed E-state index contributed by atoms with van der Waals surface area (Å²) in [6.45, 7) is 10.1. The average molecular weight is 481 g/mol. The molecule has 0 N–H and O–H groups in total.